The third kappa shape index (κ3) is 3.64. The van der Waals surface area contributed by atoms with Gasteiger partial charge in [-0.15, -0.1) is 0 Å². The van der Waals surface area contributed by atoms with Gasteiger partial charge in [-0.3, -0.25) is 14.9 Å². The number of non-ortho nitro benzene ring substituents is 1. The minimum Gasteiger partial charge on any atom is -0.389 e. The standard InChI is InChI=1S/C15H14N2O4/c1-10(18)11-4-2-6-13(8-11)16-15(19)12-5-3-7-14(9-12)17(20)21/h2-10,18H,1H3,(H,16,19)/t10-/m0/s1. The van der Waals surface area contributed by atoms with Crippen LogP contribution in [0.25, 0.3) is 0 Å². The molecule has 6 heteroatoms. The van der Waals surface area contributed by atoms with Crippen molar-refractivity contribution in [3.05, 3.63) is 69.8 Å². The normalized spacial score (nSPS) is 11.7. The molecule has 0 saturated carbocycles. The van der Waals surface area contributed by atoms with E-state index in [9.17, 15) is 20.0 Å². The van der Waals surface area contributed by atoms with E-state index < -0.39 is 16.9 Å². The van der Waals surface area contributed by atoms with Gasteiger partial charge in [-0.2, -0.15) is 0 Å². The van der Waals surface area contributed by atoms with Gasteiger partial charge in [-0.05, 0) is 30.7 Å². The number of carbonyl (C=O) groups is 1. The highest BCUT2D eigenvalue weighted by Crippen LogP contribution is 2.19. The molecule has 0 aliphatic carbocycles. The number of amides is 1. The number of nitro groups is 1. The molecule has 0 spiro atoms. The van der Waals surface area contributed by atoms with Crippen molar-refractivity contribution in [1.82, 2.24) is 0 Å². The Bertz CT molecular complexity index is 683. The summed E-state index contributed by atoms with van der Waals surface area (Å²) < 4.78 is 0. The summed E-state index contributed by atoms with van der Waals surface area (Å²) in [5.74, 6) is -0.443. The number of hydrogen-bond donors (Lipinski definition) is 2. The molecule has 0 aliphatic rings. The summed E-state index contributed by atoms with van der Waals surface area (Å²) >= 11 is 0. The van der Waals surface area contributed by atoms with Gasteiger partial charge in [0.2, 0.25) is 0 Å². The number of benzene rings is 2. The summed E-state index contributed by atoms with van der Waals surface area (Å²) in [5, 5.41) is 22.9. The smallest absolute Gasteiger partial charge is 0.270 e. The quantitative estimate of drug-likeness (QED) is 0.667. The van der Waals surface area contributed by atoms with Crippen molar-refractivity contribution in [2.75, 3.05) is 5.32 Å². The number of anilines is 1. The summed E-state index contributed by atoms with van der Waals surface area (Å²) in [6.45, 7) is 1.63. The molecule has 1 atom stereocenters. The topological polar surface area (TPSA) is 92.5 Å². The number of nitrogens with one attached hydrogen (secondary N) is 1. The Balaban J connectivity index is 2.20. The van der Waals surface area contributed by atoms with E-state index in [0.29, 0.717) is 11.3 Å². The molecule has 2 aromatic carbocycles. The summed E-state index contributed by atoms with van der Waals surface area (Å²) in [7, 11) is 0. The van der Waals surface area contributed by atoms with E-state index in [0.717, 1.165) is 0 Å². The fraction of sp³-hybridized carbons (Fsp3) is 0.133. The molecular formula is C15H14N2O4. The minimum absolute atomic E-state index is 0.139. The highest BCUT2D eigenvalue weighted by Gasteiger charge is 2.12. The van der Waals surface area contributed by atoms with E-state index in [4.69, 9.17) is 0 Å². The van der Waals surface area contributed by atoms with Gasteiger partial charge in [0.15, 0.2) is 0 Å². The maximum Gasteiger partial charge on any atom is 0.270 e. The number of nitro benzene ring substituents is 1. The zero-order valence-corrected chi connectivity index (χ0v) is 11.3. The van der Waals surface area contributed by atoms with Gasteiger partial charge in [0.1, 0.15) is 0 Å². The van der Waals surface area contributed by atoms with Crippen molar-refractivity contribution in [3.63, 3.8) is 0 Å². The predicted octanol–water partition coefficient (Wildman–Crippen LogP) is 2.90. The van der Waals surface area contributed by atoms with E-state index >= 15 is 0 Å². The molecule has 6 nitrogen and oxygen atoms in total. The molecule has 0 heterocycles. The molecule has 0 aliphatic heterocycles. The van der Waals surface area contributed by atoms with Gasteiger partial charge in [0.05, 0.1) is 11.0 Å². The van der Waals surface area contributed by atoms with Gasteiger partial charge in [0, 0.05) is 23.4 Å². The van der Waals surface area contributed by atoms with Crippen LogP contribution in [-0.4, -0.2) is 15.9 Å². The van der Waals surface area contributed by atoms with Crippen LogP contribution in [0.4, 0.5) is 11.4 Å². The van der Waals surface area contributed by atoms with Crippen LogP contribution in [0.5, 0.6) is 0 Å². The monoisotopic (exact) mass is 286 g/mol. The zero-order valence-electron chi connectivity index (χ0n) is 11.3. The van der Waals surface area contributed by atoms with Crippen LogP contribution in [0.1, 0.15) is 28.9 Å². The van der Waals surface area contributed by atoms with E-state index in [2.05, 4.69) is 5.32 Å². The van der Waals surface area contributed by atoms with E-state index in [1.54, 1.807) is 31.2 Å². The summed E-state index contributed by atoms with van der Waals surface area (Å²) in [6, 6.07) is 12.3. The maximum absolute atomic E-state index is 12.1. The van der Waals surface area contributed by atoms with Crippen molar-refractivity contribution in [3.8, 4) is 0 Å². The predicted molar refractivity (Wildman–Crippen MR) is 78.1 cm³/mol. The van der Waals surface area contributed by atoms with E-state index in [1.807, 2.05) is 0 Å². The van der Waals surface area contributed by atoms with Gasteiger partial charge < -0.3 is 10.4 Å². The van der Waals surface area contributed by atoms with Gasteiger partial charge in [0.25, 0.3) is 11.6 Å². The zero-order chi connectivity index (χ0) is 15.4. The molecule has 2 rings (SSSR count). The first-order valence-electron chi connectivity index (χ1n) is 6.31. The third-order valence-electron chi connectivity index (χ3n) is 2.95. The lowest BCUT2D eigenvalue weighted by Gasteiger charge is -2.09. The molecule has 2 aromatic rings. The Morgan fingerprint density at radius 1 is 1.24 bits per heavy atom. The number of carbonyl (C=O) groups excluding carboxylic acids is 1. The Morgan fingerprint density at radius 2 is 1.95 bits per heavy atom. The lowest BCUT2D eigenvalue weighted by atomic mass is 10.1. The molecule has 0 aromatic heterocycles. The summed E-state index contributed by atoms with van der Waals surface area (Å²) in [4.78, 5) is 22.2. The number of aliphatic hydroxyl groups is 1. The van der Waals surface area contributed by atoms with Crippen LogP contribution in [0.2, 0.25) is 0 Å². The number of aliphatic hydroxyl groups excluding tert-OH is 1. The molecule has 0 bridgehead atoms. The van der Waals surface area contributed by atoms with Gasteiger partial charge in [-0.1, -0.05) is 18.2 Å². The SMILES string of the molecule is C[C@H](O)c1cccc(NC(=O)c2cccc([N+](=O)[O-])c2)c1. The number of rotatable bonds is 4. The van der Waals surface area contributed by atoms with Crippen LogP contribution in [0.3, 0.4) is 0 Å². The molecule has 0 unspecified atom stereocenters. The molecule has 21 heavy (non-hydrogen) atoms. The molecule has 0 saturated heterocycles. The van der Waals surface area contributed by atoms with Crippen LogP contribution < -0.4 is 5.32 Å². The second kappa shape index (κ2) is 6.15. The molecule has 2 N–H and O–H groups in total. The van der Waals surface area contributed by atoms with Gasteiger partial charge >= 0.3 is 0 Å². The first-order valence-corrected chi connectivity index (χ1v) is 6.31. The van der Waals surface area contributed by atoms with Crippen molar-refractivity contribution < 1.29 is 14.8 Å². The average Bonchev–Trinajstić information content (AvgIpc) is 2.47. The van der Waals surface area contributed by atoms with E-state index in [1.165, 1.54) is 24.3 Å². The number of nitrogens with zero attached hydrogens (tertiary/aromatic N) is 1. The van der Waals surface area contributed by atoms with Crippen molar-refractivity contribution in [2.45, 2.75) is 13.0 Å². The lowest BCUT2D eigenvalue weighted by molar-refractivity contribution is -0.384. The lowest BCUT2D eigenvalue weighted by Crippen LogP contribution is -2.12. The van der Waals surface area contributed by atoms with Crippen molar-refractivity contribution >= 4 is 17.3 Å². The molecule has 0 fully saturated rings. The molecule has 108 valence electrons. The first kappa shape index (κ1) is 14.7. The maximum atomic E-state index is 12.1. The summed E-state index contributed by atoms with van der Waals surface area (Å²) in [6.07, 6.45) is -0.639. The Morgan fingerprint density at radius 3 is 2.62 bits per heavy atom. The fourth-order valence-electron chi connectivity index (χ4n) is 1.84. The highest BCUT2D eigenvalue weighted by atomic mass is 16.6. The third-order valence-corrected chi connectivity index (χ3v) is 2.95. The summed E-state index contributed by atoms with van der Waals surface area (Å²) in [5.41, 5.74) is 1.25. The molecular weight excluding hydrogens is 272 g/mol. The van der Waals surface area contributed by atoms with Gasteiger partial charge in [-0.25, -0.2) is 0 Å². The van der Waals surface area contributed by atoms with Crippen LogP contribution in [0.15, 0.2) is 48.5 Å². The Hall–Kier alpha value is -2.73. The second-order valence-electron chi connectivity index (χ2n) is 4.56. The van der Waals surface area contributed by atoms with Crippen LogP contribution >= 0.6 is 0 Å². The first-order chi connectivity index (χ1) is 9.97. The second-order valence-corrected chi connectivity index (χ2v) is 4.56. The van der Waals surface area contributed by atoms with E-state index in [-0.39, 0.29) is 11.3 Å². The van der Waals surface area contributed by atoms with Crippen LogP contribution in [0, 0.1) is 10.1 Å². The highest BCUT2D eigenvalue weighted by molar-refractivity contribution is 6.04. The average molecular weight is 286 g/mol. The largest absolute Gasteiger partial charge is 0.389 e. The fourth-order valence-corrected chi connectivity index (χ4v) is 1.84. The Kier molecular flexibility index (Phi) is 4.30. The van der Waals surface area contributed by atoms with Crippen molar-refractivity contribution in [1.29, 1.82) is 0 Å². The van der Waals surface area contributed by atoms with Crippen LogP contribution in [-0.2, 0) is 0 Å². The Labute approximate surface area is 121 Å². The minimum atomic E-state index is -0.639. The number of hydrogen-bond acceptors (Lipinski definition) is 4. The van der Waals surface area contributed by atoms with Crippen molar-refractivity contribution in [2.24, 2.45) is 0 Å². The molecule has 0 radical (unpaired) electrons. The molecule has 1 amide bonds.